The molecule has 0 heterocycles. The van der Waals surface area contributed by atoms with Crippen molar-refractivity contribution in [2.75, 3.05) is 26.8 Å². The minimum Gasteiger partial charge on any atom is -0.383 e. The fraction of sp³-hybridized carbons (Fsp3) is 0.571. The van der Waals surface area contributed by atoms with Gasteiger partial charge in [-0.25, -0.2) is 0 Å². The summed E-state index contributed by atoms with van der Waals surface area (Å²) in [6, 6.07) is 8.74. The third-order valence-corrected chi connectivity index (χ3v) is 4.32. The zero-order valence-electron chi connectivity index (χ0n) is 10.5. The second-order valence-corrected chi connectivity index (χ2v) is 5.94. The van der Waals surface area contributed by atoms with Crippen molar-refractivity contribution in [2.24, 2.45) is 5.92 Å². The molecule has 2 rings (SSSR count). The van der Waals surface area contributed by atoms with Gasteiger partial charge < -0.3 is 10.1 Å². The lowest BCUT2D eigenvalue weighted by atomic mass is 9.95. The fourth-order valence-electron chi connectivity index (χ4n) is 2.39. The van der Waals surface area contributed by atoms with Crippen LogP contribution in [0.25, 0.3) is 0 Å². The summed E-state index contributed by atoms with van der Waals surface area (Å²) in [5, 5.41) is 3.45. The highest BCUT2D eigenvalue weighted by Gasteiger charge is 2.50. The quantitative estimate of drug-likeness (QED) is 0.815. The van der Waals surface area contributed by atoms with E-state index in [1.165, 1.54) is 12.0 Å². The van der Waals surface area contributed by atoms with Crippen LogP contribution < -0.4 is 5.32 Å². The Bertz CT molecular complexity index is 365. The minimum absolute atomic E-state index is 0.376. The summed E-state index contributed by atoms with van der Waals surface area (Å²) in [5.74, 6) is 0.764. The second-order valence-electron chi connectivity index (χ2n) is 5.02. The SMILES string of the molecule is COCCNCC1CC1(C)c1ccc(Br)cc1. The van der Waals surface area contributed by atoms with Crippen LogP contribution in [0.1, 0.15) is 18.9 Å². The molecule has 2 unspecified atom stereocenters. The molecular weight excluding hydrogens is 278 g/mol. The molecule has 0 spiro atoms. The van der Waals surface area contributed by atoms with E-state index < -0.39 is 0 Å². The number of rotatable bonds is 6. The van der Waals surface area contributed by atoms with E-state index in [2.05, 4.69) is 52.4 Å². The molecule has 0 bridgehead atoms. The van der Waals surface area contributed by atoms with Gasteiger partial charge in [-0.1, -0.05) is 35.0 Å². The highest BCUT2D eigenvalue weighted by Crippen LogP contribution is 2.53. The summed E-state index contributed by atoms with van der Waals surface area (Å²) in [7, 11) is 1.74. The van der Waals surface area contributed by atoms with Gasteiger partial charge in [0.25, 0.3) is 0 Å². The average Bonchev–Trinajstić information content (AvgIpc) is 2.98. The molecule has 0 aliphatic heterocycles. The summed E-state index contributed by atoms with van der Waals surface area (Å²) in [5.41, 5.74) is 1.83. The fourth-order valence-corrected chi connectivity index (χ4v) is 2.65. The maximum absolute atomic E-state index is 5.03. The Hall–Kier alpha value is -0.380. The van der Waals surface area contributed by atoms with E-state index in [0.29, 0.717) is 5.41 Å². The Morgan fingerprint density at radius 2 is 2.12 bits per heavy atom. The zero-order valence-corrected chi connectivity index (χ0v) is 12.1. The van der Waals surface area contributed by atoms with Gasteiger partial charge in [-0.15, -0.1) is 0 Å². The van der Waals surface area contributed by atoms with Crippen LogP contribution in [0.15, 0.2) is 28.7 Å². The molecule has 0 saturated heterocycles. The maximum atomic E-state index is 5.03. The molecule has 94 valence electrons. The third kappa shape index (κ3) is 3.09. The summed E-state index contributed by atoms with van der Waals surface area (Å²) in [6.45, 7) is 5.19. The van der Waals surface area contributed by atoms with Crippen LogP contribution in [-0.4, -0.2) is 26.8 Å². The van der Waals surface area contributed by atoms with Gasteiger partial charge in [0.15, 0.2) is 0 Å². The van der Waals surface area contributed by atoms with Crippen LogP contribution >= 0.6 is 15.9 Å². The lowest BCUT2D eigenvalue weighted by molar-refractivity contribution is 0.199. The Balaban J connectivity index is 1.84. The second kappa shape index (κ2) is 5.51. The molecule has 0 aromatic heterocycles. The van der Waals surface area contributed by atoms with Gasteiger partial charge in [-0.3, -0.25) is 0 Å². The smallest absolute Gasteiger partial charge is 0.0587 e. The first-order chi connectivity index (χ1) is 8.16. The largest absolute Gasteiger partial charge is 0.383 e. The van der Waals surface area contributed by atoms with Crippen molar-refractivity contribution in [2.45, 2.75) is 18.8 Å². The van der Waals surface area contributed by atoms with Crippen molar-refractivity contribution in [1.82, 2.24) is 5.32 Å². The topological polar surface area (TPSA) is 21.3 Å². The predicted molar refractivity (Wildman–Crippen MR) is 74.3 cm³/mol. The molecule has 0 radical (unpaired) electrons. The van der Waals surface area contributed by atoms with Crippen LogP contribution in [0.5, 0.6) is 0 Å². The molecule has 2 atom stereocenters. The number of nitrogens with one attached hydrogen (secondary N) is 1. The minimum atomic E-state index is 0.376. The number of benzene rings is 1. The van der Waals surface area contributed by atoms with Crippen molar-refractivity contribution in [3.8, 4) is 0 Å². The third-order valence-electron chi connectivity index (χ3n) is 3.79. The first-order valence-electron chi connectivity index (χ1n) is 6.12. The van der Waals surface area contributed by atoms with E-state index in [4.69, 9.17) is 4.74 Å². The molecule has 1 N–H and O–H groups in total. The van der Waals surface area contributed by atoms with Crippen molar-refractivity contribution < 1.29 is 4.74 Å². The molecule has 1 saturated carbocycles. The number of halogens is 1. The summed E-state index contributed by atoms with van der Waals surface area (Å²) >= 11 is 3.48. The van der Waals surface area contributed by atoms with E-state index in [0.717, 1.165) is 30.1 Å². The number of methoxy groups -OCH3 is 1. The highest BCUT2D eigenvalue weighted by molar-refractivity contribution is 9.10. The first kappa shape index (κ1) is 13.1. The van der Waals surface area contributed by atoms with Gasteiger partial charge >= 0.3 is 0 Å². The number of hydrogen-bond donors (Lipinski definition) is 1. The van der Waals surface area contributed by atoms with Crippen molar-refractivity contribution in [3.05, 3.63) is 34.3 Å². The summed E-state index contributed by atoms with van der Waals surface area (Å²) < 4.78 is 6.18. The Labute approximate surface area is 112 Å². The van der Waals surface area contributed by atoms with Gasteiger partial charge in [0, 0.05) is 18.1 Å². The monoisotopic (exact) mass is 297 g/mol. The molecule has 3 heteroatoms. The van der Waals surface area contributed by atoms with Crippen molar-refractivity contribution >= 4 is 15.9 Å². The molecule has 17 heavy (non-hydrogen) atoms. The molecule has 2 nitrogen and oxygen atoms in total. The molecule has 0 amide bonds. The number of ether oxygens (including phenoxy) is 1. The Morgan fingerprint density at radius 1 is 1.41 bits per heavy atom. The van der Waals surface area contributed by atoms with Gasteiger partial charge in [0.1, 0.15) is 0 Å². The molecule has 1 aromatic rings. The summed E-state index contributed by atoms with van der Waals surface area (Å²) in [6.07, 6.45) is 1.29. The van der Waals surface area contributed by atoms with Crippen LogP contribution in [-0.2, 0) is 10.2 Å². The molecule has 1 aliphatic carbocycles. The van der Waals surface area contributed by atoms with Crippen LogP contribution in [0, 0.1) is 5.92 Å². The Morgan fingerprint density at radius 3 is 2.76 bits per heavy atom. The molecular formula is C14H20BrNO. The van der Waals surface area contributed by atoms with Gasteiger partial charge in [0.05, 0.1) is 6.61 Å². The maximum Gasteiger partial charge on any atom is 0.0587 e. The van der Waals surface area contributed by atoms with E-state index in [-0.39, 0.29) is 0 Å². The van der Waals surface area contributed by atoms with Crippen molar-refractivity contribution in [3.63, 3.8) is 0 Å². The van der Waals surface area contributed by atoms with Gasteiger partial charge in [0.2, 0.25) is 0 Å². The van der Waals surface area contributed by atoms with Crippen LogP contribution in [0.4, 0.5) is 0 Å². The van der Waals surface area contributed by atoms with E-state index in [9.17, 15) is 0 Å². The zero-order chi connectivity index (χ0) is 12.3. The van der Waals surface area contributed by atoms with Crippen LogP contribution in [0.2, 0.25) is 0 Å². The van der Waals surface area contributed by atoms with Crippen LogP contribution in [0.3, 0.4) is 0 Å². The summed E-state index contributed by atoms with van der Waals surface area (Å²) in [4.78, 5) is 0. The standard InChI is InChI=1S/C14H20BrNO/c1-14(11-3-5-13(15)6-4-11)9-12(14)10-16-7-8-17-2/h3-6,12,16H,7-10H2,1-2H3. The van der Waals surface area contributed by atoms with Gasteiger partial charge in [-0.2, -0.15) is 0 Å². The molecule has 1 fully saturated rings. The normalized spacial score (nSPS) is 27.1. The number of hydrogen-bond acceptors (Lipinski definition) is 2. The van der Waals surface area contributed by atoms with E-state index >= 15 is 0 Å². The lowest BCUT2D eigenvalue weighted by Gasteiger charge is -2.12. The highest BCUT2D eigenvalue weighted by atomic mass is 79.9. The van der Waals surface area contributed by atoms with E-state index in [1.54, 1.807) is 7.11 Å². The van der Waals surface area contributed by atoms with Crippen molar-refractivity contribution in [1.29, 1.82) is 0 Å². The van der Waals surface area contributed by atoms with E-state index in [1.807, 2.05) is 0 Å². The predicted octanol–water partition coefficient (Wildman–Crippen LogP) is 2.96. The molecule has 1 aromatic carbocycles. The lowest BCUT2D eigenvalue weighted by Crippen LogP contribution is -2.23. The molecule has 1 aliphatic rings. The Kier molecular flexibility index (Phi) is 4.23. The first-order valence-corrected chi connectivity index (χ1v) is 6.92. The van der Waals surface area contributed by atoms with Gasteiger partial charge in [-0.05, 0) is 42.0 Å². The average molecular weight is 298 g/mol.